The number of carbonyl (C=O) groups excluding carboxylic acids is 1. The molecule has 0 atom stereocenters. The Balaban J connectivity index is 1.53. The van der Waals surface area contributed by atoms with Crippen LogP contribution in [0.5, 0.6) is 0 Å². The third-order valence-electron chi connectivity index (χ3n) is 5.53. The summed E-state index contributed by atoms with van der Waals surface area (Å²) in [4.78, 5) is 14.5. The number of ether oxygens (including phenoxy) is 1. The molecule has 2 N–H and O–H groups in total. The van der Waals surface area contributed by atoms with Crippen LogP contribution in [-0.2, 0) is 14.9 Å². The van der Waals surface area contributed by atoms with Gasteiger partial charge in [-0.15, -0.1) is 0 Å². The summed E-state index contributed by atoms with van der Waals surface area (Å²) >= 11 is 1.69. The lowest BCUT2D eigenvalue weighted by molar-refractivity contribution is -0.127. The molecule has 2 heterocycles. The average Bonchev–Trinajstić information content (AvgIpc) is 3.15. The lowest BCUT2D eigenvalue weighted by atomic mass is 9.73. The van der Waals surface area contributed by atoms with E-state index in [1.807, 2.05) is 12.1 Å². The number of nitrogens with two attached hydrogens (primary N) is 1. The first-order valence-electron chi connectivity index (χ1n) is 9.52. The van der Waals surface area contributed by atoms with Crippen LogP contribution >= 0.6 is 11.8 Å². The minimum absolute atomic E-state index is 0.259. The van der Waals surface area contributed by atoms with E-state index in [4.69, 9.17) is 10.5 Å². The van der Waals surface area contributed by atoms with Crippen molar-refractivity contribution in [2.24, 2.45) is 5.73 Å². The molecule has 1 fully saturated rings. The molecule has 0 radical (unpaired) electrons. The molecule has 4 rings (SSSR count). The van der Waals surface area contributed by atoms with E-state index in [1.165, 1.54) is 0 Å². The van der Waals surface area contributed by atoms with Gasteiger partial charge in [0.15, 0.2) is 0 Å². The molecule has 1 amide bonds. The van der Waals surface area contributed by atoms with Gasteiger partial charge in [-0.25, -0.2) is 5.01 Å². The van der Waals surface area contributed by atoms with Crippen LogP contribution in [0.4, 0.5) is 5.69 Å². The third-order valence-corrected chi connectivity index (χ3v) is 6.52. The summed E-state index contributed by atoms with van der Waals surface area (Å²) in [6.45, 7) is 2.07. The normalized spacial score (nSPS) is 19.1. The first-order chi connectivity index (χ1) is 13.6. The first-order valence-corrected chi connectivity index (χ1v) is 10.3. The number of hydrogen-bond acceptors (Lipinski definition) is 5. The number of hydrogen-bond donors (Lipinski definition) is 1. The molecule has 1 saturated heterocycles. The molecule has 2 aromatic carbocycles. The number of nitrogens with zero attached hydrogens (tertiary/aromatic N) is 2. The van der Waals surface area contributed by atoms with Gasteiger partial charge in [0.05, 0.1) is 11.1 Å². The van der Waals surface area contributed by atoms with Gasteiger partial charge in [0.25, 0.3) is 0 Å². The maximum Gasteiger partial charge on any atom is 0.228 e. The Morgan fingerprint density at radius 1 is 1.11 bits per heavy atom. The number of amides is 1. The third kappa shape index (κ3) is 3.68. The Hall–Kier alpha value is -2.28. The Bertz CT molecular complexity index is 876. The molecular weight excluding hydrogens is 370 g/mol. The van der Waals surface area contributed by atoms with Gasteiger partial charge in [0.2, 0.25) is 5.91 Å². The summed E-state index contributed by atoms with van der Waals surface area (Å²) in [5, 5.41) is 4.29. The summed E-state index contributed by atoms with van der Waals surface area (Å²) in [6, 6.07) is 16.7. The van der Waals surface area contributed by atoms with Crippen molar-refractivity contribution in [1.82, 2.24) is 5.01 Å². The second kappa shape index (κ2) is 7.99. The highest BCUT2D eigenvalue weighted by molar-refractivity contribution is 7.99. The van der Waals surface area contributed by atoms with E-state index in [-0.39, 0.29) is 5.91 Å². The summed E-state index contributed by atoms with van der Waals surface area (Å²) in [6.07, 6.45) is 5.51. The number of rotatable bonds is 5. The molecule has 0 aromatic heterocycles. The van der Waals surface area contributed by atoms with E-state index >= 15 is 0 Å². The zero-order valence-electron chi connectivity index (χ0n) is 16.0. The average molecular weight is 396 g/mol. The van der Waals surface area contributed by atoms with Crippen molar-refractivity contribution in [1.29, 1.82) is 0 Å². The van der Waals surface area contributed by atoms with Gasteiger partial charge in [0.1, 0.15) is 0 Å². The molecule has 146 valence electrons. The molecule has 0 unspecified atom stereocenters. The van der Waals surface area contributed by atoms with Gasteiger partial charge in [-0.1, -0.05) is 30.0 Å². The van der Waals surface area contributed by atoms with Crippen LogP contribution in [0.15, 0.2) is 70.6 Å². The Labute approximate surface area is 170 Å². The molecule has 6 heteroatoms. The Kier molecular flexibility index (Phi) is 5.44. The summed E-state index contributed by atoms with van der Waals surface area (Å²) in [5.41, 5.74) is 7.33. The minimum atomic E-state index is -0.620. The molecule has 0 bridgehead atoms. The van der Waals surface area contributed by atoms with Crippen LogP contribution < -0.4 is 10.7 Å². The number of hydrazine groups is 1. The highest BCUT2D eigenvalue weighted by Crippen LogP contribution is 2.38. The summed E-state index contributed by atoms with van der Waals surface area (Å²) < 4.78 is 5.46. The van der Waals surface area contributed by atoms with Crippen molar-refractivity contribution in [3.63, 3.8) is 0 Å². The molecule has 0 spiro atoms. The second-order valence-corrected chi connectivity index (χ2v) is 8.40. The van der Waals surface area contributed by atoms with E-state index in [9.17, 15) is 4.79 Å². The fourth-order valence-corrected chi connectivity index (χ4v) is 4.72. The largest absolute Gasteiger partial charge is 0.381 e. The standard InChI is InChI=1S/C22H25N3O2S/c1-24-12-3-13-25(24)18-6-8-19(9-7-18)28-20-5-2-4-17(16-20)22(21(23)26)10-14-27-15-11-22/h2-9,13,16H,10-12,14-15H2,1H3,(H2,23,26). The van der Waals surface area contributed by atoms with Gasteiger partial charge in [-0.3, -0.25) is 9.80 Å². The van der Waals surface area contributed by atoms with Crippen molar-refractivity contribution in [2.45, 2.75) is 28.0 Å². The number of likely N-dealkylation sites (N-methyl/N-ethyl adjacent to an activating group) is 1. The van der Waals surface area contributed by atoms with Crippen LogP contribution in [0.25, 0.3) is 0 Å². The van der Waals surface area contributed by atoms with Crippen molar-refractivity contribution in [3.05, 3.63) is 66.4 Å². The van der Waals surface area contributed by atoms with Crippen LogP contribution in [0.3, 0.4) is 0 Å². The van der Waals surface area contributed by atoms with E-state index in [1.54, 1.807) is 11.8 Å². The molecule has 2 aromatic rings. The minimum Gasteiger partial charge on any atom is -0.381 e. The maximum absolute atomic E-state index is 12.3. The summed E-state index contributed by atoms with van der Waals surface area (Å²) in [7, 11) is 2.07. The zero-order valence-corrected chi connectivity index (χ0v) is 16.8. The molecule has 2 aliphatic heterocycles. The van der Waals surface area contributed by atoms with Crippen molar-refractivity contribution < 1.29 is 9.53 Å². The predicted molar refractivity (Wildman–Crippen MR) is 112 cm³/mol. The molecule has 2 aliphatic rings. The van der Waals surface area contributed by atoms with E-state index in [0.717, 1.165) is 27.6 Å². The van der Waals surface area contributed by atoms with E-state index < -0.39 is 5.41 Å². The maximum atomic E-state index is 12.3. The number of primary amides is 1. The molecule has 0 saturated carbocycles. The number of carbonyl (C=O) groups is 1. The highest BCUT2D eigenvalue weighted by Gasteiger charge is 2.40. The SMILES string of the molecule is CN1CC=CN1c1ccc(Sc2cccc(C3(C(N)=O)CCOCC3)c2)cc1. The molecule has 28 heavy (non-hydrogen) atoms. The first kappa shape index (κ1) is 19.1. The van der Waals surface area contributed by atoms with Crippen LogP contribution in [-0.4, -0.2) is 37.7 Å². The molecule has 5 nitrogen and oxygen atoms in total. The number of anilines is 1. The van der Waals surface area contributed by atoms with Crippen molar-refractivity contribution in [2.75, 3.05) is 31.8 Å². The van der Waals surface area contributed by atoms with Crippen molar-refractivity contribution >= 4 is 23.4 Å². The van der Waals surface area contributed by atoms with Gasteiger partial charge in [-0.05, 0) is 54.8 Å². The zero-order chi connectivity index (χ0) is 19.6. The highest BCUT2D eigenvalue weighted by atomic mass is 32.2. The monoisotopic (exact) mass is 395 g/mol. The van der Waals surface area contributed by atoms with E-state index in [0.29, 0.717) is 26.1 Å². The Morgan fingerprint density at radius 3 is 2.50 bits per heavy atom. The van der Waals surface area contributed by atoms with Gasteiger partial charge >= 0.3 is 0 Å². The fraction of sp³-hybridized carbons (Fsp3) is 0.318. The Morgan fingerprint density at radius 2 is 1.86 bits per heavy atom. The van der Waals surface area contributed by atoms with Crippen LogP contribution in [0.1, 0.15) is 18.4 Å². The fourth-order valence-electron chi connectivity index (χ4n) is 3.84. The second-order valence-electron chi connectivity index (χ2n) is 7.25. The van der Waals surface area contributed by atoms with Gasteiger partial charge in [-0.2, -0.15) is 0 Å². The predicted octanol–water partition coefficient (Wildman–Crippen LogP) is 3.55. The molecular formula is C22H25N3O2S. The van der Waals surface area contributed by atoms with Gasteiger partial charge in [0, 0.05) is 42.8 Å². The van der Waals surface area contributed by atoms with Crippen molar-refractivity contribution in [3.8, 4) is 0 Å². The quantitative estimate of drug-likeness (QED) is 0.839. The lowest BCUT2D eigenvalue weighted by Crippen LogP contribution is -2.45. The lowest BCUT2D eigenvalue weighted by Gasteiger charge is -2.34. The number of benzene rings is 2. The topological polar surface area (TPSA) is 58.8 Å². The van der Waals surface area contributed by atoms with E-state index in [2.05, 4.69) is 65.7 Å². The molecule has 0 aliphatic carbocycles. The van der Waals surface area contributed by atoms with Crippen LogP contribution in [0.2, 0.25) is 0 Å². The summed E-state index contributed by atoms with van der Waals surface area (Å²) in [5.74, 6) is -0.259. The smallest absolute Gasteiger partial charge is 0.228 e. The van der Waals surface area contributed by atoms with Crippen LogP contribution in [0, 0.1) is 0 Å². The van der Waals surface area contributed by atoms with Gasteiger partial charge < -0.3 is 10.5 Å².